The van der Waals surface area contributed by atoms with Crippen LogP contribution >= 0.6 is 22.9 Å². The van der Waals surface area contributed by atoms with Crippen molar-refractivity contribution in [3.05, 3.63) is 62.0 Å². The molecule has 0 bridgehead atoms. The van der Waals surface area contributed by atoms with Crippen LogP contribution in [0.2, 0.25) is 5.02 Å². The Bertz CT molecular complexity index is 1060. The molecule has 0 saturated carbocycles. The Balaban J connectivity index is 1.70. The second-order valence-electron chi connectivity index (χ2n) is 5.70. The van der Waals surface area contributed by atoms with Crippen LogP contribution < -0.4 is 16.4 Å². The van der Waals surface area contributed by atoms with E-state index in [9.17, 15) is 14.4 Å². The maximum Gasteiger partial charge on any atom is 0.280 e. The van der Waals surface area contributed by atoms with Gasteiger partial charge in [0.15, 0.2) is 0 Å². The van der Waals surface area contributed by atoms with E-state index < -0.39 is 5.91 Å². The van der Waals surface area contributed by atoms with Crippen LogP contribution in [0.5, 0.6) is 0 Å². The molecule has 9 heteroatoms. The zero-order valence-electron chi connectivity index (χ0n) is 14.0. The summed E-state index contributed by atoms with van der Waals surface area (Å²) in [5.41, 5.74) is 5.85. The highest BCUT2D eigenvalue weighted by Gasteiger charge is 2.19. The third-order valence-corrected chi connectivity index (χ3v) is 5.26. The van der Waals surface area contributed by atoms with Gasteiger partial charge in [-0.15, -0.1) is 11.3 Å². The Labute approximate surface area is 157 Å². The van der Waals surface area contributed by atoms with Gasteiger partial charge in [-0.2, -0.15) is 0 Å². The minimum absolute atomic E-state index is 0.102. The molecule has 0 radical (unpaired) electrons. The van der Waals surface area contributed by atoms with Crippen molar-refractivity contribution in [2.24, 2.45) is 7.05 Å². The number of hydrogen-bond acceptors (Lipinski definition) is 5. The molecule has 7 nitrogen and oxygen atoms in total. The van der Waals surface area contributed by atoms with Gasteiger partial charge in [0.25, 0.3) is 11.5 Å². The third kappa shape index (κ3) is 3.61. The van der Waals surface area contributed by atoms with Crippen LogP contribution in [0.25, 0.3) is 10.2 Å². The number of nitrogens with zero attached hydrogens (tertiary/aromatic N) is 2. The zero-order valence-corrected chi connectivity index (χ0v) is 15.6. The molecule has 0 aliphatic rings. The minimum Gasteiger partial charge on any atom is -0.302 e. The number of fused-ring (bicyclic) bond motifs is 1. The van der Waals surface area contributed by atoms with Crippen molar-refractivity contribution in [3.8, 4) is 0 Å². The van der Waals surface area contributed by atoms with E-state index in [0.29, 0.717) is 25.7 Å². The van der Waals surface area contributed by atoms with Gasteiger partial charge in [-0.05, 0) is 30.2 Å². The molecular weight excluding hydrogens is 376 g/mol. The summed E-state index contributed by atoms with van der Waals surface area (Å²) < 4.78 is 1.36. The number of aromatic nitrogens is 2. The number of benzene rings is 1. The van der Waals surface area contributed by atoms with Crippen LogP contribution in [0.3, 0.4) is 0 Å². The number of amides is 2. The maximum absolute atomic E-state index is 12.4. The first kappa shape index (κ1) is 18.1. The second-order valence-corrected chi connectivity index (χ2v) is 7.14. The fourth-order valence-corrected chi connectivity index (χ4v) is 3.60. The van der Waals surface area contributed by atoms with E-state index in [1.807, 2.05) is 0 Å². The first-order valence-corrected chi connectivity index (χ1v) is 8.84. The van der Waals surface area contributed by atoms with Gasteiger partial charge in [-0.1, -0.05) is 23.7 Å². The van der Waals surface area contributed by atoms with Crippen molar-refractivity contribution in [1.29, 1.82) is 0 Å². The van der Waals surface area contributed by atoms with Crippen LogP contribution in [0.15, 0.2) is 35.4 Å². The first-order valence-electron chi connectivity index (χ1n) is 7.65. The van der Waals surface area contributed by atoms with Gasteiger partial charge in [0.05, 0.1) is 23.0 Å². The Morgan fingerprint density at radius 3 is 2.62 bits per heavy atom. The van der Waals surface area contributed by atoms with Crippen molar-refractivity contribution < 1.29 is 9.59 Å². The largest absolute Gasteiger partial charge is 0.302 e. The predicted octanol–water partition coefficient (Wildman–Crippen LogP) is 1.96. The van der Waals surface area contributed by atoms with Gasteiger partial charge in [-0.25, -0.2) is 4.98 Å². The predicted molar refractivity (Wildman–Crippen MR) is 100 cm³/mol. The SMILES string of the molecule is Cc1c(C(=O)NNC(=O)Cc2ccc(Cl)cc2)sc2ncn(C)c(=O)c12. The van der Waals surface area contributed by atoms with Crippen molar-refractivity contribution in [3.63, 3.8) is 0 Å². The monoisotopic (exact) mass is 390 g/mol. The molecular formula is C17H15ClN4O3S. The Morgan fingerprint density at radius 1 is 1.23 bits per heavy atom. The molecule has 0 spiro atoms. The van der Waals surface area contributed by atoms with Crippen LogP contribution in [0.4, 0.5) is 0 Å². The molecule has 26 heavy (non-hydrogen) atoms. The Hall–Kier alpha value is -2.71. The number of nitrogens with one attached hydrogen (secondary N) is 2. The average Bonchev–Trinajstić information content (AvgIpc) is 2.95. The summed E-state index contributed by atoms with van der Waals surface area (Å²) in [6.07, 6.45) is 1.52. The number of hydrogen-bond donors (Lipinski definition) is 2. The second kappa shape index (κ2) is 7.27. The van der Waals surface area contributed by atoms with Gasteiger partial charge in [0.1, 0.15) is 4.83 Å². The average molecular weight is 391 g/mol. The fourth-order valence-electron chi connectivity index (χ4n) is 2.44. The minimum atomic E-state index is -0.489. The van der Waals surface area contributed by atoms with Gasteiger partial charge in [0, 0.05) is 12.1 Å². The van der Waals surface area contributed by atoms with E-state index in [-0.39, 0.29) is 17.9 Å². The highest BCUT2D eigenvalue weighted by atomic mass is 35.5. The number of aryl methyl sites for hydroxylation is 2. The van der Waals surface area contributed by atoms with Crippen LogP contribution in [0, 0.1) is 6.92 Å². The summed E-state index contributed by atoms with van der Waals surface area (Å²) in [5.74, 6) is -0.856. The highest BCUT2D eigenvalue weighted by molar-refractivity contribution is 7.20. The standard InChI is InChI=1S/C17H15ClN4O3S/c1-9-13-16(19-8-22(2)17(13)25)26-14(9)15(24)21-20-12(23)7-10-3-5-11(18)6-4-10/h3-6,8H,7H2,1-2H3,(H,20,23)(H,21,24). The molecule has 0 aliphatic carbocycles. The number of thiophene rings is 1. The third-order valence-electron chi connectivity index (χ3n) is 3.81. The number of rotatable bonds is 3. The van der Waals surface area contributed by atoms with E-state index in [1.165, 1.54) is 10.9 Å². The molecule has 2 N–H and O–H groups in total. The van der Waals surface area contributed by atoms with E-state index in [1.54, 1.807) is 38.2 Å². The van der Waals surface area contributed by atoms with Crippen LogP contribution in [-0.4, -0.2) is 21.4 Å². The fraction of sp³-hybridized carbons (Fsp3) is 0.176. The highest BCUT2D eigenvalue weighted by Crippen LogP contribution is 2.26. The zero-order chi connectivity index (χ0) is 18.8. The summed E-state index contributed by atoms with van der Waals surface area (Å²) >= 11 is 6.91. The van der Waals surface area contributed by atoms with Crippen molar-refractivity contribution >= 4 is 45.0 Å². The van der Waals surface area contributed by atoms with E-state index in [4.69, 9.17) is 11.6 Å². The van der Waals surface area contributed by atoms with E-state index in [2.05, 4.69) is 15.8 Å². The summed E-state index contributed by atoms with van der Waals surface area (Å²) in [4.78, 5) is 41.5. The molecule has 0 unspecified atom stereocenters. The van der Waals surface area contributed by atoms with Crippen molar-refractivity contribution in [2.45, 2.75) is 13.3 Å². The number of halogens is 1. The first-order chi connectivity index (χ1) is 12.4. The van der Waals surface area contributed by atoms with Gasteiger partial charge in [-0.3, -0.25) is 25.2 Å². The molecule has 0 saturated heterocycles. The molecule has 0 atom stereocenters. The van der Waals surface area contributed by atoms with E-state index >= 15 is 0 Å². The quantitative estimate of drug-likeness (QED) is 0.668. The van der Waals surface area contributed by atoms with Crippen LogP contribution in [0.1, 0.15) is 20.8 Å². The van der Waals surface area contributed by atoms with Crippen molar-refractivity contribution in [1.82, 2.24) is 20.4 Å². The molecule has 3 aromatic rings. The lowest BCUT2D eigenvalue weighted by Crippen LogP contribution is -2.42. The molecule has 134 valence electrons. The Morgan fingerprint density at radius 2 is 1.92 bits per heavy atom. The van der Waals surface area contributed by atoms with Gasteiger partial charge >= 0.3 is 0 Å². The van der Waals surface area contributed by atoms with Crippen molar-refractivity contribution in [2.75, 3.05) is 0 Å². The van der Waals surface area contributed by atoms with Gasteiger partial charge in [0.2, 0.25) is 5.91 Å². The smallest absolute Gasteiger partial charge is 0.280 e. The Kier molecular flexibility index (Phi) is 5.06. The molecule has 2 aromatic heterocycles. The molecule has 1 aromatic carbocycles. The molecule has 0 aliphatic heterocycles. The molecule has 0 fully saturated rings. The van der Waals surface area contributed by atoms with Gasteiger partial charge < -0.3 is 4.57 Å². The summed E-state index contributed by atoms with van der Waals surface area (Å²) in [5, 5.41) is 1.00. The van der Waals surface area contributed by atoms with Crippen LogP contribution in [-0.2, 0) is 18.3 Å². The molecule has 2 heterocycles. The number of carbonyl (C=O) groups excluding carboxylic acids is 2. The lowest BCUT2D eigenvalue weighted by Gasteiger charge is -2.07. The number of carbonyl (C=O) groups is 2. The number of hydrazine groups is 1. The topological polar surface area (TPSA) is 93.1 Å². The lowest BCUT2D eigenvalue weighted by molar-refractivity contribution is -0.121. The maximum atomic E-state index is 12.4. The summed E-state index contributed by atoms with van der Waals surface area (Å²) in [7, 11) is 1.60. The summed E-state index contributed by atoms with van der Waals surface area (Å²) in [6.45, 7) is 1.69. The molecule has 3 rings (SSSR count). The molecule has 2 amide bonds. The lowest BCUT2D eigenvalue weighted by atomic mass is 10.1. The summed E-state index contributed by atoms with van der Waals surface area (Å²) in [6, 6.07) is 6.86. The van der Waals surface area contributed by atoms with E-state index in [0.717, 1.165) is 16.9 Å². The normalized spacial score (nSPS) is 10.7.